The predicted molar refractivity (Wildman–Crippen MR) is 255 cm³/mol. The summed E-state index contributed by atoms with van der Waals surface area (Å²) in [5, 5.41) is 7.60. The van der Waals surface area contributed by atoms with Gasteiger partial charge in [0.25, 0.3) is 0 Å². The molecule has 1 aliphatic heterocycles. The van der Waals surface area contributed by atoms with Gasteiger partial charge in [-0.25, -0.2) is 26.3 Å². The van der Waals surface area contributed by atoms with Crippen molar-refractivity contribution in [1.82, 2.24) is 4.90 Å². The van der Waals surface area contributed by atoms with Gasteiger partial charge >= 0.3 is 0 Å². The summed E-state index contributed by atoms with van der Waals surface area (Å²) in [6.45, 7) is 0.886. The van der Waals surface area contributed by atoms with Crippen LogP contribution in [0.3, 0.4) is 0 Å². The zero-order valence-corrected chi connectivity index (χ0v) is 36.1. The van der Waals surface area contributed by atoms with Gasteiger partial charge < -0.3 is 0 Å². The van der Waals surface area contributed by atoms with Crippen molar-refractivity contribution in [3.63, 3.8) is 0 Å². The second-order valence-corrected chi connectivity index (χ2v) is 17.2. The molecule has 10 aromatic carbocycles. The number of hydrogen-bond donors (Lipinski definition) is 0. The van der Waals surface area contributed by atoms with Gasteiger partial charge in [0.05, 0.1) is 0 Å². The Balaban J connectivity index is 1.24. The molecule has 0 aliphatic carbocycles. The van der Waals surface area contributed by atoms with Crippen molar-refractivity contribution in [2.24, 2.45) is 0 Å². The third-order valence-electron chi connectivity index (χ3n) is 12.7. The smallest absolute Gasteiger partial charge is 0.194 e. The number of alkyl halides is 1. The lowest BCUT2D eigenvalue weighted by molar-refractivity contribution is 0.252. The topological polar surface area (TPSA) is 3.24 Å². The highest BCUT2D eigenvalue weighted by atomic mass is 127. The summed E-state index contributed by atoms with van der Waals surface area (Å²) in [5.74, 6) is -8.34. The monoisotopic (exact) mass is 961 g/mol. The predicted octanol–water partition coefficient (Wildman–Crippen LogP) is 16.3. The largest absolute Gasteiger partial charge is 0.290 e. The molecule has 8 heteroatoms. The van der Waals surface area contributed by atoms with Crippen molar-refractivity contribution in [2.45, 2.75) is 24.1 Å². The van der Waals surface area contributed by atoms with E-state index in [-0.39, 0.29) is 24.2 Å². The fourth-order valence-corrected chi connectivity index (χ4v) is 10.6. The Morgan fingerprint density at radius 3 is 1.17 bits per heavy atom. The van der Waals surface area contributed by atoms with Crippen molar-refractivity contribution >= 4 is 65.7 Å². The molecule has 0 atom stereocenters. The Morgan fingerprint density at radius 1 is 0.391 bits per heavy atom. The van der Waals surface area contributed by atoms with Gasteiger partial charge in [0.15, 0.2) is 34.9 Å². The number of hydrogen-bond acceptors (Lipinski definition) is 1. The highest BCUT2D eigenvalue weighted by Gasteiger charge is 2.31. The van der Waals surface area contributed by atoms with Crippen LogP contribution in [-0.4, -0.2) is 4.90 Å². The highest BCUT2D eigenvalue weighted by Crippen LogP contribution is 2.50. The van der Waals surface area contributed by atoms with Crippen LogP contribution in [0.25, 0.3) is 87.6 Å². The van der Waals surface area contributed by atoms with E-state index < -0.39 is 34.9 Å². The molecule has 0 unspecified atom stereocenters. The molecule has 0 aromatic heterocycles. The van der Waals surface area contributed by atoms with Crippen LogP contribution in [0, 0.1) is 34.9 Å². The Bertz CT molecular complexity index is 3370. The van der Waals surface area contributed by atoms with Crippen LogP contribution >= 0.6 is 22.6 Å². The Kier molecular flexibility index (Phi) is 10.0. The van der Waals surface area contributed by atoms with Gasteiger partial charge in [0, 0.05) is 24.1 Å². The lowest BCUT2D eigenvalue weighted by Gasteiger charge is -2.26. The lowest BCUT2D eigenvalue weighted by atomic mass is 9.82. The molecule has 0 radical (unpaired) electrons. The van der Waals surface area contributed by atoms with Crippen LogP contribution in [0.1, 0.15) is 22.3 Å². The molecular formula is C56H34F6IN. The van der Waals surface area contributed by atoms with E-state index in [2.05, 4.69) is 82.1 Å². The summed E-state index contributed by atoms with van der Waals surface area (Å²) < 4.78 is 91.2. The van der Waals surface area contributed by atoms with E-state index in [9.17, 15) is 8.78 Å². The summed E-state index contributed by atoms with van der Waals surface area (Å²) in [7, 11) is 0. The third kappa shape index (κ3) is 6.65. The second-order valence-electron chi connectivity index (χ2n) is 16.4. The first kappa shape index (κ1) is 40.3. The maximum absolute atomic E-state index is 15.3. The van der Waals surface area contributed by atoms with Crippen LogP contribution in [0.5, 0.6) is 0 Å². The Morgan fingerprint density at radius 2 is 0.750 bits per heavy atom. The molecule has 0 amide bonds. The first-order chi connectivity index (χ1) is 31.2. The number of halogens is 7. The van der Waals surface area contributed by atoms with Crippen molar-refractivity contribution in [3.8, 4) is 44.5 Å². The van der Waals surface area contributed by atoms with Crippen LogP contribution in [0.4, 0.5) is 26.3 Å². The van der Waals surface area contributed by atoms with Crippen molar-refractivity contribution < 1.29 is 26.3 Å². The molecule has 10 aromatic rings. The Hall–Kier alpha value is -6.49. The molecule has 11 rings (SSSR count). The molecular weight excluding hydrogens is 928 g/mol. The minimum atomic E-state index is -1.56. The summed E-state index contributed by atoms with van der Waals surface area (Å²) >= 11 is 2.42. The van der Waals surface area contributed by atoms with Crippen LogP contribution < -0.4 is 0 Å². The van der Waals surface area contributed by atoms with Crippen LogP contribution in [0.15, 0.2) is 158 Å². The molecule has 312 valence electrons. The zero-order valence-electron chi connectivity index (χ0n) is 33.9. The maximum Gasteiger partial charge on any atom is 0.194 e. The molecule has 0 saturated heterocycles. The van der Waals surface area contributed by atoms with Gasteiger partial charge in [-0.3, -0.25) is 4.90 Å². The Labute approximate surface area is 378 Å². The SMILES string of the molecule is Fc1cc(-c2cc3ccccc3c3c2CN(Cc2ccc4ccccc4c2-c2c(CI)ccc4ccccc24)Cc2c(-c4cc(F)c(F)c(F)c4)cc4ccccc4c2-3)cc(F)c1F. The molecule has 1 heterocycles. The van der Waals surface area contributed by atoms with E-state index >= 15 is 17.6 Å². The van der Waals surface area contributed by atoms with E-state index in [1.807, 2.05) is 78.9 Å². The molecule has 0 bridgehead atoms. The van der Waals surface area contributed by atoms with Gasteiger partial charge in [0.2, 0.25) is 0 Å². The molecule has 0 spiro atoms. The normalized spacial score (nSPS) is 12.9. The van der Waals surface area contributed by atoms with Gasteiger partial charge in [-0.15, -0.1) is 0 Å². The van der Waals surface area contributed by atoms with Crippen molar-refractivity contribution in [3.05, 3.63) is 215 Å². The van der Waals surface area contributed by atoms with E-state index in [0.717, 1.165) is 111 Å². The van der Waals surface area contributed by atoms with Gasteiger partial charge in [-0.05, 0) is 146 Å². The van der Waals surface area contributed by atoms with Gasteiger partial charge in [-0.1, -0.05) is 144 Å². The molecule has 1 nitrogen and oxygen atoms in total. The number of rotatable bonds is 6. The molecule has 0 fully saturated rings. The van der Waals surface area contributed by atoms with Crippen LogP contribution in [-0.2, 0) is 24.1 Å². The standard InChI is InChI=1S/C56H34F6IN/c57-47-23-37(24-48(58)55(47)61)43-21-33-11-3-7-15-41(33)53-45(43)29-64(30-46-44(38-25-49(59)56(62)50(60)26-38)22-34-12-4-8-16-42(34)54(46)53)28-36-20-18-32-10-2-6-14-40(32)52(36)51-35(27-63)19-17-31-9-1-5-13-39(31)51/h1-26H,27-30H2. The zero-order chi connectivity index (χ0) is 43.8. The average molecular weight is 962 g/mol. The summed E-state index contributed by atoms with van der Waals surface area (Å²) in [5.41, 5.74) is 8.78. The van der Waals surface area contributed by atoms with Crippen molar-refractivity contribution in [2.75, 3.05) is 0 Å². The molecule has 0 saturated carbocycles. The summed E-state index contributed by atoms with van der Waals surface area (Å²) in [6.07, 6.45) is 0. The third-order valence-corrected chi connectivity index (χ3v) is 13.6. The minimum absolute atomic E-state index is 0.166. The number of nitrogens with zero attached hydrogens (tertiary/aromatic N) is 1. The molecule has 64 heavy (non-hydrogen) atoms. The summed E-state index contributed by atoms with van der Waals surface area (Å²) in [6, 6.07) is 48.6. The van der Waals surface area contributed by atoms with E-state index in [4.69, 9.17) is 0 Å². The first-order valence-corrected chi connectivity index (χ1v) is 22.4. The van der Waals surface area contributed by atoms with Gasteiger partial charge in [0.1, 0.15) is 0 Å². The number of fused-ring (bicyclic) bond motifs is 9. The highest BCUT2D eigenvalue weighted by molar-refractivity contribution is 14.1. The van der Waals surface area contributed by atoms with E-state index in [1.165, 1.54) is 5.56 Å². The molecule has 0 N–H and O–H groups in total. The lowest BCUT2D eigenvalue weighted by Crippen LogP contribution is -2.22. The van der Waals surface area contributed by atoms with E-state index in [0.29, 0.717) is 17.7 Å². The average Bonchev–Trinajstić information content (AvgIpc) is 3.49. The second kappa shape index (κ2) is 15.9. The van der Waals surface area contributed by atoms with Crippen molar-refractivity contribution in [1.29, 1.82) is 0 Å². The molecule has 1 aliphatic rings. The quantitative estimate of drug-likeness (QED) is 0.0695. The summed E-state index contributed by atoms with van der Waals surface area (Å²) in [4.78, 5) is 2.25. The minimum Gasteiger partial charge on any atom is -0.290 e. The fourth-order valence-electron chi connectivity index (χ4n) is 9.94. The van der Waals surface area contributed by atoms with Crippen LogP contribution in [0.2, 0.25) is 0 Å². The number of benzene rings is 10. The first-order valence-electron chi connectivity index (χ1n) is 20.9. The maximum atomic E-state index is 15.3. The fraction of sp³-hybridized carbons (Fsp3) is 0.0714. The van der Waals surface area contributed by atoms with E-state index in [1.54, 1.807) is 0 Å². The van der Waals surface area contributed by atoms with Gasteiger partial charge in [-0.2, -0.15) is 0 Å².